The second kappa shape index (κ2) is 6.33. The van der Waals surface area contributed by atoms with Crippen molar-refractivity contribution in [2.75, 3.05) is 20.2 Å². The first-order valence-electron chi connectivity index (χ1n) is 7.47. The molecule has 1 atom stereocenters. The highest BCUT2D eigenvalue weighted by molar-refractivity contribution is 5.77. The number of ether oxygens (including phenoxy) is 1. The van der Waals surface area contributed by atoms with Crippen LogP contribution < -0.4 is 0 Å². The van der Waals surface area contributed by atoms with Gasteiger partial charge in [-0.15, -0.1) is 0 Å². The number of hydrogen-bond donors (Lipinski definition) is 1. The van der Waals surface area contributed by atoms with E-state index in [9.17, 15) is 14.9 Å². The maximum Gasteiger partial charge on any atom is 0.305 e. The number of H-pyrrole nitrogens is 1. The first-order chi connectivity index (χ1) is 11.0. The number of hydrogen-bond acceptors (Lipinski definition) is 6. The topological polar surface area (TPSA) is 101 Å². The van der Waals surface area contributed by atoms with E-state index in [-0.39, 0.29) is 11.7 Å². The Bertz CT molecular complexity index is 742. The first-order valence-corrected chi connectivity index (χ1v) is 7.47. The number of non-ortho nitro benzene ring substituents is 1. The molecule has 2 heterocycles. The van der Waals surface area contributed by atoms with Gasteiger partial charge in [0.15, 0.2) is 0 Å². The number of nitrogens with zero attached hydrogens (tertiary/aromatic N) is 3. The maximum atomic E-state index is 11.3. The maximum absolute atomic E-state index is 11.3. The van der Waals surface area contributed by atoms with E-state index in [1.165, 1.54) is 19.2 Å². The van der Waals surface area contributed by atoms with E-state index < -0.39 is 4.92 Å². The molecule has 0 amide bonds. The van der Waals surface area contributed by atoms with Gasteiger partial charge in [0.25, 0.3) is 5.69 Å². The van der Waals surface area contributed by atoms with Crippen LogP contribution in [0.1, 0.15) is 18.7 Å². The molecule has 0 radical (unpaired) electrons. The van der Waals surface area contributed by atoms with E-state index in [4.69, 9.17) is 4.74 Å². The quantitative estimate of drug-likeness (QED) is 0.513. The summed E-state index contributed by atoms with van der Waals surface area (Å²) in [5, 5.41) is 10.8. The number of carbonyl (C=O) groups excluding carboxylic acids is 1. The third-order valence-corrected chi connectivity index (χ3v) is 4.15. The summed E-state index contributed by atoms with van der Waals surface area (Å²) in [5.41, 5.74) is 1.42. The monoisotopic (exact) mass is 318 g/mol. The molecular weight excluding hydrogens is 300 g/mol. The van der Waals surface area contributed by atoms with Gasteiger partial charge in [0.05, 0.1) is 29.6 Å². The van der Waals surface area contributed by atoms with Crippen molar-refractivity contribution in [3.63, 3.8) is 0 Å². The number of benzene rings is 1. The van der Waals surface area contributed by atoms with Gasteiger partial charge in [0.2, 0.25) is 0 Å². The molecule has 23 heavy (non-hydrogen) atoms. The van der Waals surface area contributed by atoms with Crippen molar-refractivity contribution in [3.8, 4) is 0 Å². The smallest absolute Gasteiger partial charge is 0.305 e. The van der Waals surface area contributed by atoms with Gasteiger partial charge in [-0.1, -0.05) is 0 Å². The number of carbonyl (C=O) groups is 1. The number of nitro groups is 1. The van der Waals surface area contributed by atoms with Gasteiger partial charge >= 0.3 is 5.97 Å². The van der Waals surface area contributed by atoms with Crippen LogP contribution in [-0.4, -0.2) is 46.0 Å². The second-order valence-electron chi connectivity index (χ2n) is 5.81. The third-order valence-electron chi connectivity index (χ3n) is 4.15. The molecule has 2 aromatic rings. The molecule has 1 saturated heterocycles. The fourth-order valence-corrected chi connectivity index (χ4v) is 2.99. The van der Waals surface area contributed by atoms with Gasteiger partial charge in [-0.25, -0.2) is 4.98 Å². The Kier molecular flexibility index (Phi) is 4.24. The summed E-state index contributed by atoms with van der Waals surface area (Å²) in [6.45, 7) is 2.37. The minimum atomic E-state index is -0.425. The third kappa shape index (κ3) is 3.48. The average Bonchev–Trinajstić information content (AvgIpc) is 3.12. The molecule has 1 aliphatic heterocycles. The number of methoxy groups -OCH3 is 1. The first kappa shape index (κ1) is 15.4. The summed E-state index contributed by atoms with van der Waals surface area (Å²) in [4.78, 5) is 31.5. The lowest BCUT2D eigenvalue weighted by atomic mass is 10.1. The fourth-order valence-electron chi connectivity index (χ4n) is 2.99. The van der Waals surface area contributed by atoms with E-state index in [0.29, 0.717) is 24.4 Å². The minimum Gasteiger partial charge on any atom is -0.469 e. The second-order valence-corrected chi connectivity index (χ2v) is 5.81. The van der Waals surface area contributed by atoms with Crippen LogP contribution in [0.5, 0.6) is 0 Å². The molecule has 1 aromatic heterocycles. The van der Waals surface area contributed by atoms with Gasteiger partial charge in [0.1, 0.15) is 5.82 Å². The van der Waals surface area contributed by atoms with E-state index in [1.807, 2.05) is 0 Å². The summed E-state index contributed by atoms with van der Waals surface area (Å²) in [7, 11) is 1.41. The van der Waals surface area contributed by atoms with Crippen molar-refractivity contribution < 1.29 is 14.5 Å². The fraction of sp³-hybridized carbons (Fsp3) is 0.467. The Morgan fingerprint density at radius 1 is 1.57 bits per heavy atom. The van der Waals surface area contributed by atoms with E-state index in [0.717, 1.165) is 30.9 Å². The standard InChI is InChI=1S/C15H18N4O4/c1-23-15(20)6-10-4-5-18(8-10)9-14-16-12-3-2-11(19(21)22)7-13(12)17-14/h2-3,7,10H,4-6,8-9H2,1H3,(H,16,17). The predicted molar refractivity (Wildman–Crippen MR) is 82.8 cm³/mol. The van der Waals surface area contributed by atoms with Crippen molar-refractivity contribution in [3.05, 3.63) is 34.1 Å². The van der Waals surface area contributed by atoms with Gasteiger partial charge in [0, 0.05) is 25.1 Å². The summed E-state index contributed by atoms with van der Waals surface area (Å²) in [5.74, 6) is 0.917. The van der Waals surface area contributed by atoms with Crippen LogP contribution in [0, 0.1) is 16.0 Å². The number of imidazole rings is 1. The van der Waals surface area contributed by atoms with Gasteiger partial charge in [-0.2, -0.15) is 0 Å². The number of rotatable bonds is 5. The van der Waals surface area contributed by atoms with Gasteiger partial charge in [-0.3, -0.25) is 19.8 Å². The highest BCUT2D eigenvalue weighted by Crippen LogP contribution is 2.23. The summed E-state index contributed by atoms with van der Waals surface area (Å²) in [6, 6.07) is 4.61. The molecule has 0 aliphatic carbocycles. The van der Waals surface area contributed by atoms with Crippen LogP contribution in [0.3, 0.4) is 0 Å². The van der Waals surface area contributed by atoms with Gasteiger partial charge in [-0.05, 0) is 24.9 Å². The summed E-state index contributed by atoms with van der Waals surface area (Å²) >= 11 is 0. The molecule has 0 bridgehead atoms. The largest absolute Gasteiger partial charge is 0.469 e. The highest BCUT2D eigenvalue weighted by atomic mass is 16.6. The molecule has 8 nitrogen and oxygen atoms in total. The van der Waals surface area contributed by atoms with Crippen molar-refractivity contribution in [2.45, 2.75) is 19.4 Å². The molecule has 0 saturated carbocycles. The van der Waals surface area contributed by atoms with Crippen LogP contribution in [0.4, 0.5) is 5.69 Å². The Balaban J connectivity index is 1.65. The Morgan fingerprint density at radius 2 is 2.39 bits per heavy atom. The van der Waals surface area contributed by atoms with Crippen LogP contribution in [0.25, 0.3) is 11.0 Å². The molecule has 1 fully saturated rings. The van der Waals surface area contributed by atoms with E-state index in [1.54, 1.807) is 6.07 Å². The van der Waals surface area contributed by atoms with Gasteiger partial charge < -0.3 is 9.72 Å². The van der Waals surface area contributed by atoms with Crippen LogP contribution in [0.15, 0.2) is 18.2 Å². The van der Waals surface area contributed by atoms with Crippen LogP contribution >= 0.6 is 0 Å². The Morgan fingerprint density at radius 3 is 3.13 bits per heavy atom. The normalized spacial score (nSPS) is 18.4. The number of likely N-dealkylation sites (tertiary alicyclic amines) is 1. The lowest BCUT2D eigenvalue weighted by Crippen LogP contribution is -2.21. The lowest BCUT2D eigenvalue weighted by molar-refractivity contribution is -0.384. The summed E-state index contributed by atoms with van der Waals surface area (Å²) in [6.07, 6.45) is 1.40. The number of nitro benzene ring substituents is 1. The molecule has 0 spiro atoms. The van der Waals surface area contributed by atoms with Crippen LogP contribution in [0.2, 0.25) is 0 Å². The lowest BCUT2D eigenvalue weighted by Gasteiger charge is -2.13. The van der Waals surface area contributed by atoms with Crippen molar-refractivity contribution in [2.24, 2.45) is 5.92 Å². The number of esters is 1. The van der Waals surface area contributed by atoms with Crippen molar-refractivity contribution in [1.29, 1.82) is 0 Å². The number of nitrogens with one attached hydrogen (secondary N) is 1. The minimum absolute atomic E-state index is 0.0369. The Hall–Kier alpha value is -2.48. The molecular formula is C15H18N4O4. The molecule has 1 aliphatic rings. The molecule has 8 heteroatoms. The zero-order valence-electron chi connectivity index (χ0n) is 12.8. The van der Waals surface area contributed by atoms with E-state index >= 15 is 0 Å². The molecule has 1 unspecified atom stereocenters. The average molecular weight is 318 g/mol. The highest BCUT2D eigenvalue weighted by Gasteiger charge is 2.25. The molecule has 1 N–H and O–H groups in total. The molecule has 3 rings (SSSR count). The van der Waals surface area contributed by atoms with E-state index in [2.05, 4.69) is 14.9 Å². The number of aromatic nitrogens is 2. The molecule has 122 valence electrons. The zero-order valence-corrected chi connectivity index (χ0v) is 12.8. The number of fused-ring (bicyclic) bond motifs is 1. The number of aromatic amines is 1. The Labute approximate surface area is 132 Å². The molecule has 1 aromatic carbocycles. The van der Waals surface area contributed by atoms with Crippen molar-refractivity contribution in [1.82, 2.24) is 14.9 Å². The SMILES string of the molecule is COC(=O)CC1CCN(Cc2nc3cc([N+](=O)[O-])ccc3[nH]2)C1. The van der Waals surface area contributed by atoms with Crippen LogP contribution in [-0.2, 0) is 16.1 Å². The van der Waals surface area contributed by atoms with Crippen molar-refractivity contribution >= 4 is 22.7 Å². The summed E-state index contributed by atoms with van der Waals surface area (Å²) < 4.78 is 4.71. The zero-order chi connectivity index (χ0) is 16.4. The predicted octanol–water partition coefficient (Wildman–Crippen LogP) is 1.86.